The van der Waals surface area contributed by atoms with Gasteiger partial charge in [-0.25, -0.2) is 0 Å². The number of hydrogen-bond acceptors (Lipinski definition) is 4. The molecule has 1 atom stereocenters. The number of pyridine rings is 1. The van der Waals surface area contributed by atoms with Gasteiger partial charge in [-0.05, 0) is 64.5 Å². The van der Waals surface area contributed by atoms with Crippen LogP contribution in [0, 0.1) is 6.92 Å². The zero-order chi connectivity index (χ0) is 22.2. The minimum absolute atomic E-state index is 0.00677. The Hall–Kier alpha value is -2.33. The van der Waals surface area contributed by atoms with Gasteiger partial charge in [-0.3, -0.25) is 14.6 Å². The molecule has 2 fully saturated rings. The van der Waals surface area contributed by atoms with Crippen molar-refractivity contribution in [3.8, 4) is 0 Å². The van der Waals surface area contributed by atoms with Crippen molar-refractivity contribution in [2.24, 2.45) is 0 Å². The summed E-state index contributed by atoms with van der Waals surface area (Å²) in [6, 6.07) is 8.55. The summed E-state index contributed by atoms with van der Waals surface area (Å²) in [5.74, 6) is -0.620. The quantitative estimate of drug-likeness (QED) is 0.519. The third-order valence-electron chi connectivity index (χ3n) is 7.86. The molecular formula is C27H31NO3. The molecule has 31 heavy (non-hydrogen) atoms. The van der Waals surface area contributed by atoms with Crippen molar-refractivity contribution < 1.29 is 14.3 Å². The Morgan fingerprint density at radius 1 is 0.903 bits per heavy atom. The van der Waals surface area contributed by atoms with Gasteiger partial charge in [0, 0.05) is 19.0 Å². The summed E-state index contributed by atoms with van der Waals surface area (Å²) >= 11 is 0. The zero-order valence-corrected chi connectivity index (χ0v) is 19.2. The van der Waals surface area contributed by atoms with Crippen LogP contribution in [0.3, 0.4) is 0 Å². The highest BCUT2D eigenvalue weighted by Gasteiger charge is 2.52. The van der Waals surface area contributed by atoms with Crippen LogP contribution in [-0.4, -0.2) is 23.2 Å². The maximum atomic E-state index is 12.1. The number of ketones is 2. The van der Waals surface area contributed by atoms with Crippen LogP contribution < -0.4 is 0 Å². The van der Waals surface area contributed by atoms with Crippen LogP contribution in [0.2, 0.25) is 0 Å². The molecule has 1 aliphatic heterocycles. The van der Waals surface area contributed by atoms with Crippen molar-refractivity contribution in [1.29, 1.82) is 0 Å². The van der Waals surface area contributed by atoms with E-state index in [2.05, 4.69) is 46.8 Å². The van der Waals surface area contributed by atoms with Crippen LogP contribution in [0.5, 0.6) is 0 Å². The van der Waals surface area contributed by atoms with Gasteiger partial charge >= 0.3 is 0 Å². The second-order valence-corrected chi connectivity index (χ2v) is 10.9. The zero-order valence-electron chi connectivity index (χ0n) is 19.2. The number of epoxide rings is 1. The van der Waals surface area contributed by atoms with Crippen LogP contribution in [0.15, 0.2) is 30.5 Å². The number of Topliss-reactive ketones (excluding diaryl/α,β-unsaturated/α-hetero) is 2. The summed E-state index contributed by atoms with van der Waals surface area (Å²) in [4.78, 5) is 28.9. The minimum Gasteiger partial charge on any atom is -0.358 e. The van der Waals surface area contributed by atoms with E-state index in [-0.39, 0.29) is 22.4 Å². The molecule has 5 rings (SSSR count). The highest BCUT2D eigenvalue weighted by Crippen LogP contribution is 2.51. The standard InChI is InChI=1S/C27H31NO3/c1-16-12-19-20(26(4,5)11-10-25(19,2)3)13-18(16)27(15-31-27)23-9-6-17(14-28-23)24-21(29)7-8-22(24)30/h6,9,12-14,24H,7-8,10-11,15H2,1-5H3. The molecular weight excluding hydrogens is 386 g/mol. The molecule has 1 aromatic carbocycles. The Labute approximate surface area is 184 Å². The number of hydrogen-bond donors (Lipinski definition) is 0. The summed E-state index contributed by atoms with van der Waals surface area (Å²) in [6.45, 7) is 12.1. The van der Waals surface area contributed by atoms with E-state index in [4.69, 9.17) is 9.72 Å². The van der Waals surface area contributed by atoms with Crippen LogP contribution in [0.4, 0.5) is 0 Å². The summed E-state index contributed by atoms with van der Waals surface area (Å²) in [6.07, 6.45) is 4.75. The fourth-order valence-corrected chi connectivity index (χ4v) is 5.57. The van der Waals surface area contributed by atoms with E-state index >= 15 is 0 Å². The molecule has 2 aromatic rings. The van der Waals surface area contributed by atoms with Crippen LogP contribution in [0.1, 0.15) is 92.8 Å². The van der Waals surface area contributed by atoms with Gasteiger partial charge in [0.25, 0.3) is 0 Å². The third kappa shape index (κ3) is 3.10. The number of carbonyl (C=O) groups excluding carboxylic acids is 2. The largest absolute Gasteiger partial charge is 0.358 e. The van der Waals surface area contributed by atoms with Crippen molar-refractivity contribution in [2.45, 2.75) is 82.7 Å². The van der Waals surface area contributed by atoms with Gasteiger partial charge in [0.15, 0.2) is 5.60 Å². The lowest BCUT2D eigenvalue weighted by atomic mass is 9.62. The predicted molar refractivity (Wildman–Crippen MR) is 119 cm³/mol. The lowest BCUT2D eigenvalue weighted by Gasteiger charge is -2.42. The van der Waals surface area contributed by atoms with Gasteiger partial charge in [-0.1, -0.05) is 45.9 Å². The Balaban J connectivity index is 1.55. The Kier molecular flexibility index (Phi) is 4.37. The van der Waals surface area contributed by atoms with Gasteiger partial charge in [0.05, 0.1) is 12.3 Å². The van der Waals surface area contributed by atoms with Crippen LogP contribution in [0.25, 0.3) is 0 Å². The number of nitrogens with zero attached hydrogens (tertiary/aromatic N) is 1. The molecule has 2 aliphatic carbocycles. The molecule has 1 unspecified atom stereocenters. The van der Waals surface area contributed by atoms with E-state index in [1.54, 1.807) is 6.20 Å². The maximum Gasteiger partial charge on any atom is 0.158 e. The topological polar surface area (TPSA) is 59.6 Å². The van der Waals surface area contributed by atoms with E-state index < -0.39 is 11.5 Å². The molecule has 0 N–H and O–H groups in total. The number of aryl methyl sites for hydroxylation is 1. The number of aromatic nitrogens is 1. The van der Waals surface area contributed by atoms with Crippen molar-refractivity contribution in [1.82, 2.24) is 4.98 Å². The van der Waals surface area contributed by atoms with E-state index in [1.165, 1.54) is 35.1 Å². The molecule has 2 heterocycles. The molecule has 4 heteroatoms. The average molecular weight is 418 g/mol. The Bertz CT molecular complexity index is 1070. The molecule has 1 saturated heterocycles. The van der Waals surface area contributed by atoms with Gasteiger partial charge < -0.3 is 4.74 Å². The third-order valence-corrected chi connectivity index (χ3v) is 7.86. The summed E-state index contributed by atoms with van der Waals surface area (Å²) in [5, 5.41) is 0. The van der Waals surface area contributed by atoms with E-state index in [0.717, 1.165) is 5.69 Å². The van der Waals surface area contributed by atoms with Gasteiger partial charge in [-0.15, -0.1) is 0 Å². The summed E-state index contributed by atoms with van der Waals surface area (Å²) in [7, 11) is 0. The van der Waals surface area contributed by atoms with Crippen LogP contribution >= 0.6 is 0 Å². The second-order valence-electron chi connectivity index (χ2n) is 10.9. The monoisotopic (exact) mass is 417 g/mol. The lowest BCUT2D eigenvalue weighted by molar-refractivity contribution is -0.123. The molecule has 0 amide bonds. The summed E-state index contributed by atoms with van der Waals surface area (Å²) in [5.41, 5.74) is 6.61. The number of rotatable bonds is 3. The average Bonchev–Trinajstić information content (AvgIpc) is 3.45. The maximum absolute atomic E-state index is 12.1. The predicted octanol–water partition coefficient (Wildman–Crippen LogP) is 5.03. The first kappa shape index (κ1) is 20.6. The smallest absolute Gasteiger partial charge is 0.158 e. The first-order valence-corrected chi connectivity index (χ1v) is 11.4. The van der Waals surface area contributed by atoms with Gasteiger partial charge in [0.1, 0.15) is 17.5 Å². The molecule has 1 saturated carbocycles. The molecule has 4 nitrogen and oxygen atoms in total. The SMILES string of the molecule is Cc1cc2c(cc1C1(c3ccc(C4C(=O)CCC4=O)cn3)CO1)C(C)(C)CCC2(C)C. The summed E-state index contributed by atoms with van der Waals surface area (Å²) < 4.78 is 6.07. The minimum atomic E-state index is -0.633. The number of carbonyl (C=O) groups is 2. The van der Waals surface area contributed by atoms with Crippen molar-refractivity contribution in [3.63, 3.8) is 0 Å². The van der Waals surface area contributed by atoms with Gasteiger partial charge in [-0.2, -0.15) is 0 Å². The first-order valence-electron chi connectivity index (χ1n) is 11.4. The van der Waals surface area contributed by atoms with Crippen molar-refractivity contribution >= 4 is 11.6 Å². The van der Waals surface area contributed by atoms with Crippen LogP contribution in [-0.2, 0) is 30.8 Å². The molecule has 0 bridgehead atoms. The highest BCUT2D eigenvalue weighted by molar-refractivity contribution is 6.13. The number of benzene rings is 1. The van der Waals surface area contributed by atoms with E-state index in [1.807, 2.05) is 12.1 Å². The first-order chi connectivity index (χ1) is 14.6. The normalized spacial score (nSPS) is 26.7. The molecule has 162 valence electrons. The van der Waals surface area contributed by atoms with Gasteiger partial charge in [0.2, 0.25) is 0 Å². The highest BCUT2D eigenvalue weighted by atomic mass is 16.6. The molecule has 3 aliphatic rings. The molecule has 1 aromatic heterocycles. The fraction of sp³-hybridized carbons (Fsp3) is 0.519. The molecule has 0 spiro atoms. The number of ether oxygens (including phenoxy) is 1. The Morgan fingerprint density at radius 3 is 2.00 bits per heavy atom. The second kappa shape index (κ2) is 6.59. The van der Waals surface area contributed by atoms with E-state index in [0.29, 0.717) is 25.0 Å². The Morgan fingerprint density at radius 2 is 1.48 bits per heavy atom. The van der Waals surface area contributed by atoms with Crippen molar-refractivity contribution in [2.75, 3.05) is 6.61 Å². The fourth-order valence-electron chi connectivity index (χ4n) is 5.57. The molecule has 0 radical (unpaired) electrons. The van der Waals surface area contributed by atoms with E-state index in [9.17, 15) is 9.59 Å². The lowest BCUT2D eigenvalue weighted by Crippen LogP contribution is -2.34. The number of fused-ring (bicyclic) bond motifs is 1. The van der Waals surface area contributed by atoms with Crippen molar-refractivity contribution in [3.05, 3.63) is 64.0 Å².